The summed E-state index contributed by atoms with van der Waals surface area (Å²) in [6.45, 7) is 0. The molecule has 1 amide bonds. The van der Waals surface area contributed by atoms with Gasteiger partial charge < -0.3 is 15.5 Å². The quantitative estimate of drug-likeness (QED) is 0.748. The van der Waals surface area contributed by atoms with Crippen molar-refractivity contribution < 1.29 is 19.8 Å². The molecular weight excluding hydrogens is 328 g/mol. The van der Waals surface area contributed by atoms with E-state index < -0.39 is 11.9 Å². The molecule has 2 aromatic rings. The van der Waals surface area contributed by atoms with Gasteiger partial charge >= 0.3 is 5.97 Å². The Hall–Kier alpha value is -2.41. The first kappa shape index (κ1) is 14.0. The first-order valence-corrected chi connectivity index (χ1v) is 6.25. The molecule has 102 valence electrons. The minimum atomic E-state index is -1.28. The molecule has 0 aliphatic rings. The number of rotatable bonds is 3. The highest BCUT2D eigenvalue weighted by Crippen LogP contribution is 2.22. The Kier molecular flexibility index (Phi) is 3.99. The van der Waals surface area contributed by atoms with E-state index in [1.807, 2.05) is 0 Å². The zero-order chi connectivity index (χ0) is 14.7. The summed E-state index contributed by atoms with van der Waals surface area (Å²) in [5.41, 5.74) is 0.310. The molecule has 6 nitrogen and oxygen atoms in total. The van der Waals surface area contributed by atoms with Crippen molar-refractivity contribution in [2.75, 3.05) is 5.32 Å². The Morgan fingerprint density at radius 1 is 1.20 bits per heavy atom. The van der Waals surface area contributed by atoms with Gasteiger partial charge in [0.05, 0.1) is 5.56 Å². The van der Waals surface area contributed by atoms with E-state index in [0.29, 0.717) is 10.0 Å². The van der Waals surface area contributed by atoms with E-state index in [4.69, 9.17) is 5.11 Å². The third kappa shape index (κ3) is 3.12. The molecule has 2 rings (SSSR count). The van der Waals surface area contributed by atoms with Crippen LogP contribution in [0.3, 0.4) is 0 Å². The number of carbonyl (C=O) groups excluding carboxylic acids is 1. The van der Waals surface area contributed by atoms with Crippen LogP contribution in [0.15, 0.2) is 41.1 Å². The molecule has 7 heteroatoms. The molecule has 0 saturated heterocycles. The van der Waals surface area contributed by atoms with E-state index in [1.54, 1.807) is 12.3 Å². The van der Waals surface area contributed by atoms with Crippen molar-refractivity contribution in [3.05, 3.63) is 52.3 Å². The Balaban J connectivity index is 2.24. The van der Waals surface area contributed by atoms with Gasteiger partial charge in [-0.05, 0) is 40.2 Å². The van der Waals surface area contributed by atoms with E-state index in [-0.39, 0.29) is 17.0 Å². The summed E-state index contributed by atoms with van der Waals surface area (Å²) in [5.74, 6) is -2.07. The predicted octanol–water partition coefficient (Wildman–Crippen LogP) is 2.50. The minimum absolute atomic E-state index is 0.269. The fourth-order valence-corrected chi connectivity index (χ4v) is 1.89. The highest BCUT2D eigenvalue weighted by molar-refractivity contribution is 9.10. The SMILES string of the molecule is O=C(Nc1ccc(O)c(C(=O)O)c1)c1cncc(Br)c1. The topological polar surface area (TPSA) is 99.5 Å². The van der Waals surface area contributed by atoms with Crippen LogP contribution in [0.1, 0.15) is 20.7 Å². The number of amides is 1. The fraction of sp³-hybridized carbons (Fsp3) is 0. The first-order chi connectivity index (χ1) is 9.47. The normalized spacial score (nSPS) is 10.1. The van der Waals surface area contributed by atoms with Crippen LogP contribution < -0.4 is 5.32 Å². The number of benzene rings is 1. The second kappa shape index (κ2) is 5.70. The zero-order valence-electron chi connectivity index (χ0n) is 10.0. The largest absolute Gasteiger partial charge is 0.507 e. The third-order valence-electron chi connectivity index (χ3n) is 2.45. The third-order valence-corrected chi connectivity index (χ3v) is 2.89. The minimum Gasteiger partial charge on any atom is -0.507 e. The van der Waals surface area contributed by atoms with Crippen LogP contribution in [0.4, 0.5) is 5.69 Å². The number of carboxylic acid groups (broad SMARTS) is 1. The molecule has 0 bridgehead atoms. The van der Waals surface area contributed by atoms with Crippen molar-refractivity contribution in [3.8, 4) is 5.75 Å². The zero-order valence-corrected chi connectivity index (χ0v) is 11.6. The number of phenols is 1. The first-order valence-electron chi connectivity index (χ1n) is 5.45. The lowest BCUT2D eigenvalue weighted by Gasteiger charge is -2.07. The van der Waals surface area contributed by atoms with Crippen LogP contribution in [-0.4, -0.2) is 27.1 Å². The number of nitrogens with zero attached hydrogens (tertiary/aromatic N) is 1. The van der Waals surface area contributed by atoms with E-state index >= 15 is 0 Å². The smallest absolute Gasteiger partial charge is 0.339 e. The van der Waals surface area contributed by atoms with Crippen molar-refractivity contribution in [1.82, 2.24) is 4.98 Å². The van der Waals surface area contributed by atoms with Crippen LogP contribution in [0.5, 0.6) is 5.75 Å². The molecular formula is C13H9BrN2O4. The van der Waals surface area contributed by atoms with E-state index in [0.717, 1.165) is 0 Å². The second-order valence-electron chi connectivity index (χ2n) is 3.88. The number of hydrogen-bond acceptors (Lipinski definition) is 4. The van der Waals surface area contributed by atoms with Gasteiger partial charge in [-0.25, -0.2) is 4.79 Å². The van der Waals surface area contributed by atoms with Crippen molar-refractivity contribution in [2.45, 2.75) is 0 Å². The summed E-state index contributed by atoms with van der Waals surface area (Å²) in [6, 6.07) is 5.38. The molecule has 1 aromatic heterocycles. The van der Waals surface area contributed by atoms with E-state index in [9.17, 15) is 14.7 Å². The monoisotopic (exact) mass is 336 g/mol. The fourth-order valence-electron chi connectivity index (χ4n) is 1.52. The molecule has 0 aliphatic carbocycles. The van der Waals surface area contributed by atoms with Gasteiger partial charge in [0.25, 0.3) is 5.91 Å². The van der Waals surface area contributed by atoms with Gasteiger partial charge in [0.15, 0.2) is 0 Å². The lowest BCUT2D eigenvalue weighted by Crippen LogP contribution is -2.12. The van der Waals surface area contributed by atoms with Crippen LogP contribution >= 0.6 is 15.9 Å². The number of aromatic nitrogens is 1. The van der Waals surface area contributed by atoms with Gasteiger partial charge in [-0.15, -0.1) is 0 Å². The van der Waals surface area contributed by atoms with Gasteiger partial charge in [-0.1, -0.05) is 0 Å². The number of nitrogens with one attached hydrogen (secondary N) is 1. The van der Waals surface area contributed by atoms with Gasteiger partial charge in [0.2, 0.25) is 0 Å². The standard InChI is InChI=1S/C13H9BrN2O4/c14-8-3-7(5-15-6-8)12(18)16-9-1-2-11(17)10(4-9)13(19)20/h1-6,17H,(H,16,18)(H,19,20). The molecule has 0 aliphatic heterocycles. The Morgan fingerprint density at radius 2 is 1.95 bits per heavy atom. The summed E-state index contributed by atoms with van der Waals surface area (Å²) < 4.78 is 0.655. The maximum atomic E-state index is 12.0. The van der Waals surface area contributed by atoms with Gasteiger partial charge in [-0.3, -0.25) is 9.78 Å². The predicted molar refractivity (Wildman–Crippen MR) is 75.0 cm³/mol. The number of aromatic carboxylic acids is 1. The average molecular weight is 337 g/mol. The Labute approximate surface area is 122 Å². The molecule has 1 aromatic carbocycles. The molecule has 3 N–H and O–H groups in total. The van der Waals surface area contributed by atoms with Crippen molar-refractivity contribution in [1.29, 1.82) is 0 Å². The highest BCUT2D eigenvalue weighted by Gasteiger charge is 2.12. The molecule has 20 heavy (non-hydrogen) atoms. The van der Waals surface area contributed by atoms with Crippen molar-refractivity contribution >= 4 is 33.5 Å². The van der Waals surface area contributed by atoms with Gasteiger partial charge in [0, 0.05) is 22.6 Å². The van der Waals surface area contributed by atoms with Crippen molar-refractivity contribution in [2.24, 2.45) is 0 Å². The van der Waals surface area contributed by atoms with Crippen LogP contribution in [0.25, 0.3) is 0 Å². The highest BCUT2D eigenvalue weighted by atomic mass is 79.9. The molecule has 0 spiro atoms. The van der Waals surface area contributed by atoms with Gasteiger partial charge in [-0.2, -0.15) is 0 Å². The maximum Gasteiger partial charge on any atom is 0.339 e. The molecule has 0 radical (unpaired) electrons. The van der Waals surface area contributed by atoms with Gasteiger partial charge in [0.1, 0.15) is 11.3 Å². The molecule has 1 heterocycles. The number of aromatic hydroxyl groups is 1. The molecule has 0 atom stereocenters. The van der Waals surface area contributed by atoms with E-state index in [1.165, 1.54) is 24.4 Å². The lowest BCUT2D eigenvalue weighted by atomic mass is 10.1. The molecule has 0 saturated carbocycles. The summed E-state index contributed by atoms with van der Waals surface area (Å²) in [4.78, 5) is 26.7. The lowest BCUT2D eigenvalue weighted by molar-refractivity contribution is 0.0693. The van der Waals surface area contributed by atoms with Crippen LogP contribution in [-0.2, 0) is 0 Å². The number of carbonyl (C=O) groups is 2. The second-order valence-corrected chi connectivity index (χ2v) is 4.80. The van der Waals surface area contributed by atoms with Crippen LogP contribution in [0, 0.1) is 0 Å². The summed E-state index contributed by atoms with van der Waals surface area (Å²) in [7, 11) is 0. The number of pyridine rings is 1. The Bertz CT molecular complexity index is 688. The number of carboxylic acids is 1. The van der Waals surface area contributed by atoms with Crippen LogP contribution in [0.2, 0.25) is 0 Å². The number of anilines is 1. The number of halogens is 1. The van der Waals surface area contributed by atoms with Crippen molar-refractivity contribution in [3.63, 3.8) is 0 Å². The Morgan fingerprint density at radius 3 is 2.60 bits per heavy atom. The summed E-state index contributed by atoms with van der Waals surface area (Å²) >= 11 is 3.20. The molecule has 0 fully saturated rings. The summed E-state index contributed by atoms with van der Waals surface area (Å²) in [6.07, 6.45) is 2.93. The maximum absolute atomic E-state index is 12.0. The average Bonchev–Trinajstić information content (AvgIpc) is 2.40. The summed E-state index contributed by atoms with van der Waals surface area (Å²) in [5, 5.41) is 20.8. The molecule has 0 unspecified atom stereocenters. The van der Waals surface area contributed by atoms with E-state index in [2.05, 4.69) is 26.2 Å². The number of hydrogen-bond donors (Lipinski definition) is 3.